The van der Waals surface area contributed by atoms with E-state index < -0.39 is 0 Å². The Labute approximate surface area is 87.0 Å². The summed E-state index contributed by atoms with van der Waals surface area (Å²) in [5.74, 6) is 0.333. The average Bonchev–Trinajstić information content (AvgIpc) is 1.85. The summed E-state index contributed by atoms with van der Waals surface area (Å²) in [4.78, 5) is 18.9. The van der Waals surface area contributed by atoms with E-state index in [1.54, 1.807) is 13.8 Å². The third-order valence-electron chi connectivity index (χ3n) is 0. The van der Waals surface area contributed by atoms with Crippen LogP contribution < -0.4 is 0 Å². The van der Waals surface area contributed by atoms with Crippen LogP contribution in [0.2, 0.25) is 0 Å². The van der Waals surface area contributed by atoms with E-state index >= 15 is 0 Å². The predicted octanol–water partition coefficient (Wildman–Crippen LogP) is 1.19. The first-order valence-electron chi connectivity index (χ1n) is 4.45. The van der Waals surface area contributed by atoms with Gasteiger partial charge in [-0.1, -0.05) is 0 Å². The monoisotopic (exact) mass is 208 g/mol. The Kier molecular flexibility index (Phi) is 49.0. The SMILES string of the molecule is CC(C)=O.CC(C)=O.CCO.CCO. The van der Waals surface area contributed by atoms with Crippen molar-refractivity contribution in [2.75, 3.05) is 13.2 Å². The van der Waals surface area contributed by atoms with E-state index in [9.17, 15) is 9.59 Å². The number of hydrogen-bond acceptors (Lipinski definition) is 4. The predicted molar refractivity (Wildman–Crippen MR) is 58.2 cm³/mol. The van der Waals surface area contributed by atoms with Crippen LogP contribution in [0.1, 0.15) is 41.5 Å². The van der Waals surface area contributed by atoms with Crippen LogP contribution in [0.3, 0.4) is 0 Å². The highest BCUT2D eigenvalue weighted by molar-refractivity contribution is 5.72. The molecule has 0 saturated carbocycles. The van der Waals surface area contributed by atoms with Gasteiger partial charge in [-0.15, -0.1) is 0 Å². The molecule has 2 N–H and O–H groups in total. The average molecular weight is 208 g/mol. The maximum absolute atomic E-state index is 9.44. The third-order valence-corrected chi connectivity index (χ3v) is 0. The van der Waals surface area contributed by atoms with E-state index in [1.165, 1.54) is 27.7 Å². The Hall–Kier alpha value is -0.740. The standard InChI is InChI=1S/2C3H6O.2C2H6O/c2*1-3(2)4;2*1-2-3/h2*1-2H3;2*3H,2H2,1H3. The van der Waals surface area contributed by atoms with E-state index in [4.69, 9.17) is 10.2 Å². The fourth-order valence-electron chi connectivity index (χ4n) is 0. The quantitative estimate of drug-likeness (QED) is 0.627. The molecule has 0 unspecified atom stereocenters. The fraction of sp³-hybridized carbons (Fsp3) is 0.800. The topological polar surface area (TPSA) is 74.6 Å². The van der Waals surface area contributed by atoms with E-state index in [2.05, 4.69) is 0 Å². The van der Waals surface area contributed by atoms with Crippen molar-refractivity contribution < 1.29 is 19.8 Å². The first kappa shape index (κ1) is 23.2. The van der Waals surface area contributed by atoms with Crippen LogP contribution in [0.25, 0.3) is 0 Å². The Morgan fingerprint density at radius 2 is 0.786 bits per heavy atom. The molecule has 0 atom stereocenters. The fourth-order valence-corrected chi connectivity index (χ4v) is 0. The summed E-state index contributed by atoms with van der Waals surface area (Å²) in [6, 6.07) is 0. The van der Waals surface area contributed by atoms with Gasteiger partial charge in [-0.05, 0) is 41.5 Å². The zero-order valence-electron chi connectivity index (χ0n) is 10.1. The molecule has 0 saturated heterocycles. The van der Waals surface area contributed by atoms with Crippen LogP contribution in [0, 0.1) is 0 Å². The second-order valence-electron chi connectivity index (χ2n) is 2.45. The van der Waals surface area contributed by atoms with Crippen molar-refractivity contribution in [3.63, 3.8) is 0 Å². The van der Waals surface area contributed by atoms with Crippen LogP contribution in [0.5, 0.6) is 0 Å². The summed E-state index contributed by atoms with van der Waals surface area (Å²) in [6.45, 7) is 9.97. The van der Waals surface area contributed by atoms with Crippen LogP contribution in [0.15, 0.2) is 0 Å². The van der Waals surface area contributed by atoms with Crippen LogP contribution in [-0.2, 0) is 9.59 Å². The highest BCUT2D eigenvalue weighted by Crippen LogP contribution is 1.50. The lowest BCUT2D eigenvalue weighted by Gasteiger charge is -1.56. The van der Waals surface area contributed by atoms with Crippen molar-refractivity contribution in [3.05, 3.63) is 0 Å². The van der Waals surface area contributed by atoms with Gasteiger partial charge in [0.15, 0.2) is 0 Å². The van der Waals surface area contributed by atoms with Gasteiger partial charge in [0.2, 0.25) is 0 Å². The summed E-state index contributed by atoms with van der Waals surface area (Å²) in [5, 5.41) is 15.1. The molecule has 4 nitrogen and oxygen atoms in total. The van der Waals surface area contributed by atoms with Gasteiger partial charge < -0.3 is 19.8 Å². The lowest BCUT2D eigenvalue weighted by Crippen LogP contribution is -1.69. The Morgan fingerprint density at radius 3 is 0.786 bits per heavy atom. The molecule has 14 heavy (non-hydrogen) atoms. The van der Waals surface area contributed by atoms with Crippen LogP contribution in [-0.4, -0.2) is 35.0 Å². The lowest BCUT2D eigenvalue weighted by molar-refractivity contribution is -0.115. The zero-order valence-corrected chi connectivity index (χ0v) is 10.1. The van der Waals surface area contributed by atoms with Gasteiger partial charge in [-0.25, -0.2) is 0 Å². The molecule has 0 aromatic rings. The lowest BCUT2D eigenvalue weighted by atomic mass is 10.6. The summed E-state index contributed by atoms with van der Waals surface area (Å²) < 4.78 is 0. The van der Waals surface area contributed by atoms with Crippen LogP contribution in [0.4, 0.5) is 0 Å². The molecule has 0 aromatic heterocycles. The molecular formula is C10H24O4. The van der Waals surface area contributed by atoms with Crippen molar-refractivity contribution in [2.24, 2.45) is 0 Å². The maximum Gasteiger partial charge on any atom is 0.126 e. The number of aliphatic hydroxyl groups is 2. The van der Waals surface area contributed by atoms with E-state index in [1.807, 2.05) is 0 Å². The molecule has 0 fully saturated rings. The molecule has 0 rings (SSSR count). The van der Waals surface area contributed by atoms with E-state index in [0.29, 0.717) is 0 Å². The Bertz CT molecular complexity index is 88.7. The normalized spacial score (nSPS) is 6.29. The molecule has 0 bridgehead atoms. The molecule has 0 aromatic carbocycles. The van der Waals surface area contributed by atoms with Crippen molar-refractivity contribution >= 4 is 11.6 Å². The van der Waals surface area contributed by atoms with Gasteiger partial charge in [0.25, 0.3) is 0 Å². The Balaban J connectivity index is -0.0000000482. The smallest absolute Gasteiger partial charge is 0.126 e. The highest BCUT2D eigenvalue weighted by Gasteiger charge is 1.62. The van der Waals surface area contributed by atoms with Gasteiger partial charge in [0.05, 0.1) is 0 Å². The highest BCUT2D eigenvalue weighted by atomic mass is 16.3. The number of carbonyl (C=O) groups is 2. The van der Waals surface area contributed by atoms with Crippen molar-refractivity contribution in [2.45, 2.75) is 41.5 Å². The van der Waals surface area contributed by atoms with Crippen molar-refractivity contribution in [1.82, 2.24) is 0 Å². The molecule has 0 aliphatic heterocycles. The van der Waals surface area contributed by atoms with Gasteiger partial charge in [0, 0.05) is 13.2 Å². The summed E-state index contributed by atoms with van der Waals surface area (Å²) in [7, 11) is 0. The second-order valence-corrected chi connectivity index (χ2v) is 2.45. The summed E-state index contributed by atoms with van der Waals surface area (Å²) in [6.07, 6.45) is 0. The number of aliphatic hydroxyl groups excluding tert-OH is 2. The first-order chi connectivity index (χ1) is 6.29. The number of Topliss-reactive ketones (excluding diaryl/α,β-unsaturated/α-hetero) is 2. The van der Waals surface area contributed by atoms with Crippen molar-refractivity contribution in [1.29, 1.82) is 0 Å². The minimum Gasteiger partial charge on any atom is -0.397 e. The molecule has 0 spiro atoms. The molecule has 0 aliphatic rings. The molecule has 0 radical (unpaired) electrons. The maximum atomic E-state index is 9.44. The summed E-state index contributed by atoms with van der Waals surface area (Å²) >= 11 is 0. The van der Waals surface area contributed by atoms with E-state index in [-0.39, 0.29) is 24.8 Å². The van der Waals surface area contributed by atoms with Crippen molar-refractivity contribution in [3.8, 4) is 0 Å². The number of carbonyl (C=O) groups excluding carboxylic acids is 2. The largest absolute Gasteiger partial charge is 0.397 e. The minimum absolute atomic E-state index is 0.167. The first-order valence-corrected chi connectivity index (χ1v) is 4.45. The van der Waals surface area contributed by atoms with Gasteiger partial charge >= 0.3 is 0 Å². The molecule has 88 valence electrons. The molecule has 0 heterocycles. The number of hydrogen-bond donors (Lipinski definition) is 2. The van der Waals surface area contributed by atoms with Gasteiger partial charge in [-0.2, -0.15) is 0 Å². The summed E-state index contributed by atoms with van der Waals surface area (Å²) in [5.41, 5.74) is 0. The minimum atomic E-state index is 0.167. The Morgan fingerprint density at radius 1 is 0.786 bits per heavy atom. The number of ketones is 2. The zero-order chi connectivity index (χ0) is 12.6. The van der Waals surface area contributed by atoms with Gasteiger partial charge in [-0.3, -0.25) is 0 Å². The van der Waals surface area contributed by atoms with E-state index in [0.717, 1.165) is 0 Å². The number of rotatable bonds is 0. The molecule has 0 aliphatic carbocycles. The molecule has 4 heteroatoms. The second kappa shape index (κ2) is 29.5. The van der Waals surface area contributed by atoms with Gasteiger partial charge in [0.1, 0.15) is 11.6 Å². The molecule has 0 amide bonds. The van der Waals surface area contributed by atoms with Crippen LogP contribution >= 0.6 is 0 Å². The molecular weight excluding hydrogens is 184 g/mol. The third kappa shape index (κ3) is 2160.